The van der Waals surface area contributed by atoms with Gasteiger partial charge in [0, 0.05) is 18.7 Å². The van der Waals surface area contributed by atoms with E-state index >= 15 is 0 Å². The van der Waals surface area contributed by atoms with Crippen LogP contribution in [0.25, 0.3) is 0 Å². The molecule has 21 heavy (non-hydrogen) atoms. The summed E-state index contributed by atoms with van der Waals surface area (Å²) in [5.74, 6) is -0.0762. The second-order valence-corrected chi connectivity index (χ2v) is 5.06. The number of nitrogens with zero attached hydrogens (tertiary/aromatic N) is 2. The van der Waals surface area contributed by atoms with Crippen molar-refractivity contribution in [3.63, 3.8) is 0 Å². The third kappa shape index (κ3) is 3.84. The third-order valence-electron chi connectivity index (χ3n) is 3.21. The van der Waals surface area contributed by atoms with Gasteiger partial charge < -0.3 is 14.8 Å². The lowest BCUT2D eigenvalue weighted by Gasteiger charge is -2.16. The van der Waals surface area contributed by atoms with Crippen molar-refractivity contribution in [2.75, 3.05) is 19.8 Å². The van der Waals surface area contributed by atoms with Gasteiger partial charge in [-0.05, 0) is 19.4 Å². The Hall–Kier alpha value is -1.84. The molecule has 2 rings (SSSR count). The van der Waals surface area contributed by atoms with E-state index in [1.54, 1.807) is 0 Å². The SMILES string of the molecule is CCOc1ncc(C(=O)NC(C#N)C2CCOC2)cc1Cl. The molecule has 1 fully saturated rings. The number of halogens is 1. The van der Waals surface area contributed by atoms with Crippen molar-refractivity contribution in [3.8, 4) is 11.9 Å². The molecule has 0 spiro atoms. The molecule has 2 unspecified atom stereocenters. The minimum Gasteiger partial charge on any atom is -0.477 e. The van der Waals surface area contributed by atoms with Crippen LogP contribution in [0.15, 0.2) is 12.3 Å². The highest BCUT2D eigenvalue weighted by molar-refractivity contribution is 6.32. The lowest BCUT2D eigenvalue weighted by atomic mass is 10.00. The number of ether oxygens (including phenoxy) is 2. The van der Waals surface area contributed by atoms with Crippen LogP contribution in [0.4, 0.5) is 0 Å². The fourth-order valence-electron chi connectivity index (χ4n) is 2.09. The Morgan fingerprint density at radius 2 is 2.57 bits per heavy atom. The molecule has 0 saturated carbocycles. The van der Waals surface area contributed by atoms with Crippen molar-refractivity contribution in [3.05, 3.63) is 22.8 Å². The average Bonchev–Trinajstić information content (AvgIpc) is 3.01. The maximum absolute atomic E-state index is 12.1. The van der Waals surface area contributed by atoms with Gasteiger partial charge in [0.25, 0.3) is 5.91 Å². The summed E-state index contributed by atoms with van der Waals surface area (Å²) >= 11 is 6.00. The van der Waals surface area contributed by atoms with E-state index in [2.05, 4.69) is 16.4 Å². The number of carbonyl (C=O) groups excluding carboxylic acids is 1. The molecule has 1 saturated heterocycles. The first-order valence-electron chi connectivity index (χ1n) is 6.72. The van der Waals surface area contributed by atoms with E-state index < -0.39 is 6.04 Å². The highest BCUT2D eigenvalue weighted by Crippen LogP contribution is 2.23. The van der Waals surface area contributed by atoms with E-state index in [0.29, 0.717) is 25.4 Å². The first-order chi connectivity index (χ1) is 10.2. The fourth-order valence-corrected chi connectivity index (χ4v) is 2.31. The first kappa shape index (κ1) is 15.5. The molecular formula is C14H16ClN3O3. The minimum atomic E-state index is -0.578. The summed E-state index contributed by atoms with van der Waals surface area (Å²) in [6, 6.07) is 3.00. The average molecular weight is 310 g/mol. The molecule has 1 aromatic rings. The van der Waals surface area contributed by atoms with E-state index in [4.69, 9.17) is 26.3 Å². The Kier molecular flexibility index (Phi) is 5.37. The summed E-state index contributed by atoms with van der Waals surface area (Å²) < 4.78 is 10.4. The smallest absolute Gasteiger partial charge is 0.253 e. The van der Waals surface area contributed by atoms with Crippen molar-refractivity contribution in [2.24, 2.45) is 5.92 Å². The molecule has 0 radical (unpaired) electrons. The van der Waals surface area contributed by atoms with Crippen LogP contribution in [0.3, 0.4) is 0 Å². The molecule has 1 aliphatic rings. The lowest BCUT2D eigenvalue weighted by molar-refractivity contribution is 0.0930. The van der Waals surface area contributed by atoms with E-state index in [1.807, 2.05) is 6.92 Å². The normalized spacial score (nSPS) is 18.8. The van der Waals surface area contributed by atoms with Crippen LogP contribution >= 0.6 is 11.6 Å². The number of rotatable bonds is 5. The number of hydrogen-bond acceptors (Lipinski definition) is 5. The molecule has 1 amide bonds. The Bertz CT molecular complexity index is 553. The molecule has 1 aliphatic heterocycles. The van der Waals surface area contributed by atoms with Crippen LogP contribution < -0.4 is 10.1 Å². The predicted octanol–water partition coefficient (Wildman–Crippen LogP) is 1.79. The molecule has 2 heterocycles. The summed E-state index contributed by atoms with van der Waals surface area (Å²) in [4.78, 5) is 16.1. The number of nitrogens with one attached hydrogen (secondary N) is 1. The Morgan fingerprint density at radius 3 is 3.14 bits per heavy atom. The van der Waals surface area contributed by atoms with Gasteiger partial charge >= 0.3 is 0 Å². The Morgan fingerprint density at radius 1 is 1.76 bits per heavy atom. The van der Waals surface area contributed by atoms with Crippen molar-refractivity contribution in [2.45, 2.75) is 19.4 Å². The quantitative estimate of drug-likeness (QED) is 0.896. The van der Waals surface area contributed by atoms with Crippen LogP contribution in [-0.4, -0.2) is 36.8 Å². The van der Waals surface area contributed by atoms with Crippen LogP contribution in [-0.2, 0) is 4.74 Å². The molecule has 1 N–H and O–H groups in total. The molecule has 2 atom stereocenters. The maximum atomic E-state index is 12.1. The largest absolute Gasteiger partial charge is 0.477 e. The van der Waals surface area contributed by atoms with Gasteiger partial charge in [-0.2, -0.15) is 5.26 Å². The summed E-state index contributed by atoms with van der Waals surface area (Å²) in [5.41, 5.74) is 0.294. The molecule has 7 heteroatoms. The predicted molar refractivity (Wildman–Crippen MR) is 76.2 cm³/mol. The second kappa shape index (κ2) is 7.25. The van der Waals surface area contributed by atoms with Crippen molar-refractivity contribution in [1.29, 1.82) is 5.26 Å². The molecule has 0 bridgehead atoms. The fraction of sp³-hybridized carbons (Fsp3) is 0.500. The molecular weight excluding hydrogens is 294 g/mol. The highest BCUT2D eigenvalue weighted by Gasteiger charge is 2.27. The number of nitriles is 1. The maximum Gasteiger partial charge on any atom is 0.253 e. The summed E-state index contributed by atoms with van der Waals surface area (Å²) in [7, 11) is 0. The molecule has 0 aliphatic carbocycles. The number of amides is 1. The third-order valence-corrected chi connectivity index (χ3v) is 3.48. The molecule has 0 aromatic carbocycles. The van der Waals surface area contributed by atoms with Crippen LogP contribution in [0.2, 0.25) is 5.02 Å². The first-order valence-corrected chi connectivity index (χ1v) is 7.10. The zero-order valence-electron chi connectivity index (χ0n) is 11.6. The van der Waals surface area contributed by atoms with E-state index in [1.165, 1.54) is 12.3 Å². The van der Waals surface area contributed by atoms with Gasteiger partial charge in [-0.1, -0.05) is 11.6 Å². The number of pyridine rings is 1. The van der Waals surface area contributed by atoms with Crippen molar-refractivity contribution >= 4 is 17.5 Å². The van der Waals surface area contributed by atoms with Gasteiger partial charge in [0.1, 0.15) is 11.1 Å². The summed E-state index contributed by atoms with van der Waals surface area (Å²) in [6.45, 7) is 3.37. The zero-order valence-corrected chi connectivity index (χ0v) is 12.4. The van der Waals surface area contributed by atoms with Gasteiger partial charge in [-0.3, -0.25) is 4.79 Å². The zero-order chi connectivity index (χ0) is 15.2. The van der Waals surface area contributed by atoms with E-state index in [9.17, 15) is 4.79 Å². The monoisotopic (exact) mass is 309 g/mol. The van der Waals surface area contributed by atoms with Gasteiger partial charge in [0.15, 0.2) is 0 Å². The Labute approximate surface area is 128 Å². The van der Waals surface area contributed by atoms with Crippen LogP contribution in [0, 0.1) is 17.2 Å². The van der Waals surface area contributed by atoms with Crippen LogP contribution in [0.1, 0.15) is 23.7 Å². The van der Waals surface area contributed by atoms with E-state index in [-0.39, 0.29) is 22.7 Å². The molecule has 112 valence electrons. The van der Waals surface area contributed by atoms with Crippen molar-refractivity contribution < 1.29 is 14.3 Å². The molecule has 6 nitrogen and oxygen atoms in total. The second-order valence-electron chi connectivity index (χ2n) is 4.65. The highest BCUT2D eigenvalue weighted by atomic mass is 35.5. The van der Waals surface area contributed by atoms with Gasteiger partial charge in [0.2, 0.25) is 5.88 Å². The molecule has 1 aromatic heterocycles. The van der Waals surface area contributed by atoms with Gasteiger partial charge in [-0.25, -0.2) is 4.98 Å². The lowest BCUT2D eigenvalue weighted by Crippen LogP contribution is -2.39. The van der Waals surface area contributed by atoms with Crippen molar-refractivity contribution in [1.82, 2.24) is 10.3 Å². The van der Waals surface area contributed by atoms with Gasteiger partial charge in [-0.15, -0.1) is 0 Å². The Balaban J connectivity index is 2.05. The summed E-state index contributed by atoms with van der Waals surface area (Å²) in [6.07, 6.45) is 2.15. The topological polar surface area (TPSA) is 84.2 Å². The standard InChI is InChI=1S/C14H16ClN3O3/c1-2-21-14-11(15)5-10(7-17-14)13(19)18-12(6-16)9-3-4-20-8-9/h5,7,9,12H,2-4,8H2,1H3,(H,18,19). The minimum absolute atomic E-state index is 0.0186. The number of aromatic nitrogens is 1. The number of hydrogen-bond donors (Lipinski definition) is 1. The summed E-state index contributed by atoms with van der Waals surface area (Å²) in [5, 5.41) is 12.1. The van der Waals surface area contributed by atoms with Gasteiger partial charge in [0.05, 0.1) is 24.8 Å². The van der Waals surface area contributed by atoms with Crippen LogP contribution in [0.5, 0.6) is 5.88 Å². The number of carbonyl (C=O) groups is 1. The van der Waals surface area contributed by atoms with E-state index in [0.717, 1.165) is 6.42 Å².